The molecule has 16 aromatic carbocycles. The summed E-state index contributed by atoms with van der Waals surface area (Å²) < 4.78 is 52.9. The van der Waals surface area contributed by atoms with E-state index < -0.39 is 24.8 Å². The van der Waals surface area contributed by atoms with Gasteiger partial charge in [-0.15, -0.1) is 0 Å². The van der Waals surface area contributed by atoms with Crippen LogP contribution in [0.3, 0.4) is 0 Å². The Hall–Kier alpha value is -13.2. The molecule has 0 atom stereocenters. The minimum absolute atomic E-state index is 0.125. The average molecular weight is 1510 g/mol. The molecule has 21 rings (SSSR count). The van der Waals surface area contributed by atoms with E-state index in [1.165, 1.54) is 27.5 Å². The zero-order valence-corrected chi connectivity index (χ0v) is 68.4. The van der Waals surface area contributed by atoms with E-state index in [9.17, 15) is 5.48 Å². The van der Waals surface area contributed by atoms with Crippen LogP contribution in [0, 0.1) is 0 Å². The van der Waals surface area contributed by atoms with Gasteiger partial charge in [0, 0.05) is 77.3 Å². The highest BCUT2D eigenvalue weighted by molar-refractivity contribution is 7.00. The Bertz CT molecular complexity index is 7450. The number of fused-ring (bicyclic) bond motifs is 18. The lowest BCUT2D eigenvalue weighted by Gasteiger charge is -2.46. The van der Waals surface area contributed by atoms with Crippen LogP contribution >= 0.6 is 0 Å². The molecule has 4 nitrogen and oxygen atoms in total. The molecule has 0 saturated carbocycles. The largest absolute Gasteiger partial charge is 0.310 e. The van der Waals surface area contributed by atoms with Crippen LogP contribution < -0.4 is 26.2 Å². The predicted molar refractivity (Wildman–Crippen MR) is 504 cm³/mol. The number of para-hydroxylation sites is 2. The molecular weight excluding hydrogens is 1410 g/mol. The van der Waals surface area contributed by atoms with E-state index in [2.05, 4.69) is 411 Å². The molecule has 0 N–H and O–H groups in total. The van der Waals surface area contributed by atoms with Gasteiger partial charge in [0.05, 0.1) is 51.5 Å². The molecule has 5 heterocycles. The molecule has 117 heavy (non-hydrogen) atoms. The molecule has 2 aliphatic heterocycles. The Morgan fingerprint density at radius 2 is 0.675 bits per heavy atom. The second-order valence-corrected chi connectivity index (χ2v) is 36.4. The third-order valence-corrected chi connectivity index (χ3v) is 25.1. The van der Waals surface area contributed by atoms with E-state index in [4.69, 9.17) is 1.37 Å². The lowest BCUT2D eigenvalue weighted by molar-refractivity contribution is 0.590. The predicted octanol–water partition coefficient (Wildman–Crippen LogP) is 29.0. The molecule has 0 radical (unpaired) electrons. The smallest absolute Gasteiger partial charge is 0.252 e. The van der Waals surface area contributed by atoms with Gasteiger partial charge < -0.3 is 18.8 Å². The molecule has 3 aromatic heterocycles. The molecule has 0 spiro atoms. The number of rotatable bonds is 8. The zero-order valence-electron chi connectivity index (χ0n) is 73.4. The summed E-state index contributed by atoms with van der Waals surface area (Å²) in [5.74, 6) is 0. The number of anilines is 6. The molecule has 0 unspecified atom stereocenters. The van der Waals surface area contributed by atoms with Crippen LogP contribution in [0.2, 0.25) is 0 Å². The Morgan fingerprint density at radius 3 is 1.16 bits per heavy atom. The summed E-state index contributed by atoms with van der Waals surface area (Å²) in [7, 11) is 0. The molecule has 0 fully saturated rings. The number of aromatic nitrogens is 2. The topological polar surface area (TPSA) is 15.8 Å². The Labute approximate surface area is 694 Å². The van der Waals surface area contributed by atoms with Gasteiger partial charge in [-0.2, -0.15) is 0 Å². The van der Waals surface area contributed by atoms with Crippen LogP contribution in [0.5, 0.6) is 0 Å². The standard InChI is InChI=1S/C112H93BN4/c1-109(2,3)76-54-59-97-92(62-76)93-63-77(110(4,5)6)55-60-98(93)114(97)80-56-58-95-100(68-80)116(106-88(71-37-20-14-21-38-71)64-78(111(7,8)9)65-89(106)72-39-22-15-23-40-72)102-69-101-103(87-51-34-50-86-84-48-31-29-46-82(84)81-45-28-30-47-83(81)85-49-32-33-52-96(85)115(101)105(86)87)108-104(102)113(95)94-57-53-75(70-35-18-13-19-36-70)61-99(94)117(108)107-90(73-41-24-16-25-42-73)66-79(112(10,11)12)67-91(107)74-43-26-17-27-44-74/h13-69H,1-12H3/i13D,18D,19D,35D,36D. The van der Waals surface area contributed by atoms with E-state index in [0.717, 1.165) is 177 Å². The maximum absolute atomic E-state index is 9.95. The van der Waals surface area contributed by atoms with Crippen LogP contribution in [-0.4, -0.2) is 15.7 Å². The third-order valence-electron chi connectivity index (χ3n) is 25.1. The molecule has 564 valence electrons. The minimum atomic E-state index is -0.546. The Balaban J connectivity index is 1.05. The minimum Gasteiger partial charge on any atom is -0.310 e. The van der Waals surface area contributed by atoms with Crippen molar-refractivity contribution >= 4 is 139 Å². The van der Waals surface area contributed by atoms with Crippen LogP contribution in [-0.2, 0) is 21.7 Å². The van der Waals surface area contributed by atoms with Crippen molar-refractivity contribution in [2.45, 2.75) is 105 Å². The van der Waals surface area contributed by atoms with Crippen molar-refractivity contribution in [2.24, 2.45) is 0 Å². The van der Waals surface area contributed by atoms with Crippen LogP contribution in [0.4, 0.5) is 34.1 Å². The van der Waals surface area contributed by atoms with Gasteiger partial charge in [-0.3, -0.25) is 0 Å². The second kappa shape index (κ2) is 26.7. The number of hydrogen-bond donors (Lipinski definition) is 0. The maximum atomic E-state index is 9.95. The Morgan fingerprint density at radius 1 is 0.265 bits per heavy atom. The molecule has 2 aliphatic rings. The fourth-order valence-corrected chi connectivity index (χ4v) is 19.2. The molecule has 0 bridgehead atoms. The van der Waals surface area contributed by atoms with E-state index in [1.54, 1.807) is 0 Å². The average Bonchev–Trinajstić information content (AvgIpc) is 1.34. The molecule has 19 aromatic rings. The first-order chi connectivity index (χ1) is 58.7. The summed E-state index contributed by atoms with van der Waals surface area (Å²) in [6.45, 7) is 27.2. The van der Waals surface area contributed by atoms with Gasteiger partial charge in [0.1, 0.15) is 0 Å². The first-order valence-corrected chi connectivity index (χ1v) is 41.3. The SMILES string of the molecule is [2H]c1c([2H])c([2H])c(-c2ccc3c(c2)N(c2c(-c4ccccc4)cc(C(C)(C)C)cc2-c2ccccc2)c2c4c(cc5c2c2cccc6c7ccccc7c7ccccc7c7ccccc7n5c62)N(c2c(-c5ccccc5)cc(C(C)(C)C)cc2-c2ccccc2)c2cc(-n5c6ccc(C(C)(C)C)cc6c6cc(C(C)(C)C)ccc65)ccc2B34)c([2H])c1[2H]. The van der Waals surface area contributed by atoms with Gasteiger partial charge in [-0.25, -0.2) is 0 Å². The quantitative estimate of drug-likeness (QED) is 0.141. The Kier molecular flexibility index (Phi) is 15.1. The highest BCUT2D eigenvalue weighted by Crippen LogP contribution is 2.58. The van der Waals surface area contributed by atoms with Gasteiger partial charge in [0.15, 0.2) is 0 Å². The first kappa shape index (κ1) is 66.1. The highest BCUT2D eigenvalue weighted by Gasteiger charge is 2.48. The molecule has 5 heteroatoms. The van der Waals surface area contributed by atoms with Crippen LogP contribution in [0.1, 0.15) is 112 Å². The fraction of sp³-hybridized carbons (Fsp3) is 0.143. The highest BCUT2D eigenvalue weighted by atomic mass is 15.2. The summed E-state index contributed by atoms with van der Waals surface area (Å²) in [5.41, 5.74) is 27.9. The van der Waals surface area contributed by atoms with E-state index in [0.29, 0.717) is 5.56 Å². The van der Waals surface area contributed by atoms with Gasteiger partial charge >= 0.3 is 0 Å². The van der Waals surface area contributed by atoms with Crippen molar-refractivity contribution < 1.29 is 6.85 Å². The van der Waals surface area contributed by atoms with Crippen molar-refractivity contribution in [3.8, 4) is 61.3 Å². The summed E-state index contributed by atoms with van der Waals surface area (Å²) in [5, 5.41) is 11.1. The van der Waals surface area contributed by atoms with E-state index >= 15 is 0 Å². The van der Waals surface area contributed by atoms with Crippen molar-refractivity contribution in [1.82, 2.24) is 8.97 Å². The van der Waals surface area contributed by atoms with Gasteiger partial charge in [0.2, 0.25) is 0 Å². The lowest BCUT2D eigenvalue weighted by Crippen LogP contribution is -2.61. The molecule has 0 amide bonds. The maximum Gasteiger partial charge on any atom is 0.252 e. The lowest BCUT2D eigenvalue weighted by atomic mass is 9.33. The van der Waals surface area contributed by atoms with Gasteiger partial charge in [-0.05, 0) is 194 Å². The monoisotopic (exact) mass is 1510 g/mol. The number of benzene rings is 16. The van der Waals surface area contributed by atoms with Crippen LogP contribution in [0.15, 0.2) is 346 Å². The summed E-state index contributed by atoms with van der Waals surface area (Å²) in [6.07, 6.45) is 0. The normalized spacial score (nSPS) is 13.7. The third kappa shape index (κ3) is 11.5. The molecular formula is C112H93BN4. The van der Waals surface area contributed by atoms with Crippen molar-refractivity contribution in [3.63, 3.8) is 0 Å². The fourth-order valence-electron chi connectivity index (χ4n) is 19.2. The summed E-state index contributed by atoms with van der Waals surface area (Å²) in [4.78, 5) is 5.28. The molecule has 0 saturated heterocycles. The van der Waals surface area contributed by atoms with Gasteiger partial charge in [0.25, 0.3) is 6.71 Å². The number of hydrogen-bond acceptors (Lipinski definition) is 2. The van der Waals surface area contributed by atoms with Crippen LogP contribution in [0.25, 0.3) is 143 Å². The zero-order chi connectivity index (χ0) is 84.1. The number of nitrogens with zero attached hydrogens (tertiary/aromatic N) is 4. The first-order valence-electron chi connectivity index (χ1n) is 43.8. The van der Waals surface area contributed by atoms with Crippen molar-refractivity contribution in [1.29, 1.82) is 0 Å². The summed E-state index contributed by atoms with van der Waals surface area (Å²) >= 11 is 0. The molecule has 0 aliphatic carbocycles. The van der Waals surface area contributed by atoms with Gasteiger partial charge in [-0.1, -0.05) is 350 Å². The van der Waals surface area contributed by atoms with E-state index in [1.807, 2.05) is 6.07 Å². The summed E-state index contributed by atoms with van der Waals surface area (Å²) in [6, 6.07) is 116. The van der Waals surface area contributed by atoms with Crippen molar-refractivity contribution in [3.05, 3.63) is 368 Å². The van der Waals surface area contributed by atoms with E-state index in [-0.39, 0.29) is 39.3 Å². The van der Waals surface area contributed by atoms with Crippen molar-refractivity contribution in [2.75, 3.05) is 9.80 Å². The second-order valence-electron chi connectivity index (χ2n) is 36.4.